The third kappa shape index (κ3) is 4.06. The Morgan fingerprint density at radius 2 is 1.61 bits per heavy atom. The number of nitrogens with zero attached hydrogens (tertiary/aromatic N) is 1. The molecule has 3 N–H and O–H groups in total. The van der Waals surface area contributed by atoms with Crippen molar-refractivity contribution < 1.29 is 8.42 Å². The topological polar surface area (TPSA) is 75.4 Å². The molecule has 0 amide bonds. The number of nitrogens with one attached hydrogen (secondary N) is 1. The molecule has 0 aromatic rings. The van der Waals surface area contributed by atoms with E-state index in [0.29, 0.717) is 19.6 Å². The van der Waals surface area contributed by atoms with Crippen LogP contribution in [0.5, 0.6) is 0 Å². The Morgan fingerprint density at radius 3 is 2.06 bits per heavy atom. The van der Waals surface area contributed by atoms with Gasteiger partial charge in [0.25, 0.3) is 10.2 Å². The van der Waals surface area contributed by atoms with Gasteiger partial charge in [-0.2, -0.15) is 12.7 Å². The van der Waals surface area contributed by atoms with Crippen LogP contribution in [0, 0.1) is 0 Å². The molecule has 1 saturated carbocycles. The van der Waals surface area contributed by atoms with Crippen LogP contribution in [0.15, 0.2) is 0 Å². The maximum atomic E-state index is 12.1. The molecule has 1 aliphatic carbocycles. The van der Waals surface area contributed by atoms with Crippen LogP contribution in [0.2, 0.25) is 0 Å². The second-order valence-corrected chi connectivity index (χ2v) is 7.11. The Balaban J connectivity index is 0.00000162. The highest BCUT2D eigenvalue weighted by molar-refractivity contribution is 7.87. The third-order valence-electron chi connectivity index (χ3n) is 3.86. The quantitative estimate of drug-likeness (QED) is 0.813. The molecule has 108 valence electrons. The molecule has 5 nitrogen and oxygen atoms in total. The van der Waals surface area contributed by atoms with Crippen LogP contribution < -0.4 is 10.5 Å². The summed E-state index contributed by atoms with van der Waals surface area (Å²) in [4.78, 5) is 0. The SMILES string of the molecule is Cl.NC1(CNS(=O)(=O)N2CCCCCC2)CCC1. The van der Waals surface area contributed by atoms with Crippen LogP contribution in [-0.2, 0) is 10.2 Å². The first kappa shape index (κ1) is 16.2. The van der Waals surface area contributed by atoms with E-state index in [1.54, 1.807) is 4.31 Å². The van der Waals surface area contributed by atoms with Gasteiger partial charge in [-0.25, -0.2) is 4.72 Å². The maximum absolute atomic E-state index is 12.1. The van der Waals surface area contributed by atoms with Crippen LogP contribution in [0.3, 0.4) is 0 Å². The van der Waals surface area contributed by atoms with Gasteiger partial charge in [-0.05, 0) is 32.1 Å². The maximum Gasteiger partial charge on any atom is 0.279 e. The predicted molar refractivity (Wildman–Crippen MR) is 75.0 cm³/mol. The van der Waals surface area contributed by atoms with Crippen molar-refractivity contribution in [3.63, 3.8) is 0 Å². The van der Waals surface area contributed by atoms with E-state index in [4.69, 9.17) is 5.73 Å². The van der Waals surface area contributed by atoms with Gasteiger partial charge >= 0.3 is 0 Å². The van der Waals surface area contributed by atoms with Crippen molar-refractivity contribution in [2.24, 2.45) is 5.73 Å². The molecule has 0 radical (unpaired) electrons. The molecule has 0 spiro atoms. The molecule has 0 unspecified atom stereocenters. The van der Waals surface area contributed by atoms with Gasteiger partial charge in [-0.3, -0.25) is 0 Å². The monoisotopic (exact) mass is 297 g/mol. The minimum atomic E-state index is -3.31. The Bertz CT molecular complexity index is 349. The fourth-order valence-electron chi connectivity index (χ4n) is 2.42. The molecule has 0 aromatic carbocycles. The summed E-state index contributed by atoms with van der Waals surface area (Å²) in [5.41, 5.74) is 5.73. The normalized spacial score (nSPS) is 24.7. The zero-order valence-corrected chi connectivity index (χ0v) is 12.4. The van der Waals surface area contributed by atoms with E-state index < -0.39 is 10.2 Å². The zero-order valence-electron chi connectivity index (χ0n) is 10.7. The molecule has 1 aliphatic heterocycles. The van der Waals surface area contributed by atoms with Crippen LogP contribution >= 0.6 is 12.4 Å². The molecular formula is C11H24ClN3O2S. The van der Waals surface area contributed by atoms with Crippen LogP contribution in [0.4, 0.5) is 0 Å². The summed E-state index contributed by atoms with van der Waals surface area (Å²) in [6.07, 6.45) is 7.16. The van der Waals surface area contributed by atoms with Gasteiger partial charge in [0.05, 0.1) is 0 Å². The summed E-state index contributed by atoms with van der Waals surface area (Å²) >= 11 is 0. The van der Waals surface area contributed by atoms with Crippen LogP contribution in [0.1, 0.15) is 44.9 Å². The summed E-state index contributed by atoms with van der Waals surface area (Å²) in [7, 11) is -3.31. The van der Waals surface area contributed by atoms with Crippen LogP contribution in [-0.4, -0.2) is 37.9 Å². The van der Waals surface area contributed by atoms with Crippen molar-refractivity contribution in [3.8, 4) is 0 Å². The first-order valence-electron chi connectivity index (χ1n) is 6.56. The summed E-state index contributed by atoms with van der Waals surface area (Å²) in [5, 5.41) is 0. The summed E-state index contributed by atoms with van der Waals surface area (Å²) in [5.74, 6) is 0. The molecule has 2 rings (SSSR count). The Kier molecular flexibility index (Phi) is 5.86. The number of rotatable bonds is 4. The highest BCUT2D eigenvalue weighted by Crippen LogP contribution is 2.28. The summed E-state index contributed by atoms with van der Waals surface area (Å²) < 4.78 is 28.4. The van der Waals surface area contributed by atoms with Crippen molar-refractivity contribution in [2.75, 3.05) is 19.6 Å². The second-order valence-electron chi connectivity index (χ2n) is 5.36. The average molecular weight is 298 g/mol. The van der Waals surface area contributed by atoms with Crippen molar-refractivity contribution in [1.29, 1.82) is 0 Å². The highest BCUT2D eigenvalue weighted by Gasteiger charge is 2.34. The van der Waals surface area contributed by atoms with Crippen molar-refractivity contribution in [3.05, 3.63) is 0 Å². The molecular weight excluding hydrogens is 274 g/mol. The highest BCUT2D eigenvalue weighted by atomic mass is 35.5. The smallest absolute Gasteiger partial charge is 0.279 e. The van der Waals surface area contributed by atoms with Gasteiger partial charge in [0.2, 0.25) is 0 Å². The number of hydrogen-bond donors (Lipinski definition) is 2. The summed E-state index contributed by atoms with van der Waals surface area (Å²) in [6, 6.07) is 0. The average Bonchev–Trinajstić information content (AvgIpc) is 2.52. The standard InChI is InChI=1S/C11H23N3O2S.ClH/c12-11(6-5-7-11)10-13-17(15,16)14-8-3-1-2-4-9-14;/h13H,1-10,12H2;1H. The van der Waals surface area contributed by atoms with Crippen molar-refractivity contribution in [1.82, 2.24) is 9.03 Å². The van der Waals surface area contributed by atoms with E-state index in [-0.39, 0.29) is 17.9 Å². The van der Waals surface area contributed by atoms with Gasteiger partial charge in [0.1, 0.15) is 0 Å². The molecule has 7 heteroatoms. The van der Waals surface area contributed by atoms with E-state index in [9.17, 15) is 8.42 Å². The molecule has 0 bridgehead atoms. The Labute approximate surface area is 116 Å². The Hall–Kier alpha value is 0.120. The van der Waals surface area contributed by atoms with Gasteiger partial charge in [0, 0.05) is 25.2 Å². The van der Waals surface area contributed by atoms with Gasteiger partial charge in [0.15, 0.2) is 0 Å². The van der Waals surface area contributed by atoms with Gasteiger partial charge in [-0.1, -0.05) is 12.8 Å². The van der Waals surface area contributed by atoms with Crippen LogP contribution in [0.25, 0.3) is 0 Å². The fourth-order valence-corrected chi connectivity index (χ4v) is 3.81. The lowest BCUT2D eigenvalue weighted by molar-refractivity contribution is 0.248. The number of hydrogen-bond acceptors (Lipinski definition) is 3. The largest absolute Gasteiger partial charge is 0.324 e. The van der Waals surface area contributed by atoms with E-state index in [0.717, 1.165) is 44.9 Å². The van der Waals surface area contributed by atoms with Gasteiger partial charge < -0.3 is 5.73 Å². The molecule has 1 saturated heterocycles. The minimum Gasteiger partial charge on any atom is -0.324 e. The fraction of sp³-hybridized carbons (Fsp3) is 1.00. The lowest BCUT2D eigenvalue weighted by Gasteiger charge is -2.38. The van der Waals surface area contributed by atoms with Gasteiger partial charge in [-0.15, -0.1) is 12.4 Å². The number of nitrogens with two attached hydrogens (primary N) is 1. The molecule has 18 heavy (non-hydrogen) atoms. The van der Waals surface area contributed by atoms with E-state index in [1.807, 2.05) is 0 Å². The third-order valence-corrected chi connectivity index (χ3v) is 5.42. The van der Waals surface area contributed by atoms with E-state index in [2.05, 4.69) is 4.72 Å². The van der Waals surface area contributed by atoms with E-state index >= 15 is 0 Å². The molecule has 2 fully saturated rings. The molecule has 0 aromatic heterocycles. The van der Waals surface area contributed by atoms with Crippen molar-refractivity contribution in [2.45, 2.75) is 50.5 Å². The van der Waals surface area contributed by atoms with Crippen molar-refractivity contribution >= 4 is 22.6 Å². The molecule has 2 aliphatic rings. The zero-order chi connectivity index (χ0) is 12.4. The number of halogens is 1. The summed E-state index contributed by atoms with van der Waals surface area (Å²) in [6.45, 7) is 1.67. The lowest BCUT2D eigenvalue weighted by Crippen LogP contribution is -2.56. The minimum absolute atomic E-state index is 0. The van der Waals surface area contributed by atoms with E-state index in [1.165, 1.54) is 0 Å². The molecule has 1 heterocycles. The predicted octanol–water partition coefficient (Wildman–Crippen LogP) is 1.000. The Morgan fingerprint density at radius 1 is 1.06 bits per heavy atom. The second kappa shape index (κ2) is 6.52. The first-order valence-corrected chi connectivity index (χ1v) is 8.00. The first-order chi connectivity index (χ1) is 8.02. The lowest BCUT2D eigenvalue weighted by atomic mass is 9.78. The molecule has 0 atom stereocenters.